The maximum Gasteiger partial charge on any atom is 0.256 e. The first-order valence-corrected chi connectivity index (χ1v) is 11.7. The molecular weight excluding hydrogens is 445 g/mol. The lowest BCUT2D eigenvalue weighted by atomic mass is 10.0. The number of benzene rings is 3. The number of nitrogens with zero attached hydrogens (tertiary/aromatic N) is 2. The topological polar surface area (TPSA) is 93.9 Å². The summed E-state index contributed by atoms with van der Waals surface area (Å²) >= 11 is 0. The van der Waals surface area contributed by atoms with E-state index >= 15 is 0 Å². The summed E-state index contributed by atoms with van der Waals surface area (Å²) in [5, 5.41) is 4.38. The fraction of sp³-hybridized carbons (Fsp3) is 0.222. The van der Waals surface area contributed by atoms with Crippen LogP contribution in [0.15, 0.2) is 59.4 Å². The number of anilines is 1. The lowest BCUT2D eigenvalue weighted by molar-refractivity contribution is 0.102. The van der Waals surface area contributed by atoms with Crippen molar-refractivity contribution in [3.8, 4) is 0 Å². The Labute approximate surface area is 200 Å². The SMILES string of the molecule is C[C@H]1CCCN1Cc1nc2ccc(NC(=O)c3ccc4[nH]c(=O)c5ccc(F)cc5c4c3)cc2[nH]1. The van der Waals surface area contributed by atoms with Gasteiger partial charge in [-0.1, -0.05) is 0 Å². The summed E-state index contributed by atoms with van der Waals surface area (Å²) in [7, 11) is 0. The van der Waals surface area contributed by atoms with Crippen LogP contribution in [-0.2, 0) is 6.54 Å². The van der Waals surface area contributed by atoms with Gasteiger partial charge in [0.1, 0.15) is 11.6 Å². The van der Waals surface area contributed by atoms with Crippen LogP contribution in [0.25, 0.3) is 32.7 Å². The molecule has 35 heavy (non-hydrogen) atoms. The molecule has 3 heterocycles. The number of hydrogen-bond donors (Lipinski definition) is 3. The second kappa shape index (κ2) is 8.32. The summed E-state index contributed by atoms with van der Waals surface area (Å²) in [4.78, 5) is 38.7. The average Bonchev–Trinajstić information content (AvgIpc) is 3.43. The Morgan fingerprint density at radius 1 is 1.06 bits per heavy atom. The molecule has 0 radical (unpaired) electrons. The van der Waals surface area contributed by atoms with E-state index in [4.69, 9.17) is 4.98 Å². The van der Waals surface area contributed by atoms with Crippen molar-refractivity contribution in [1.82, 2.24) is 19.9 Å². The second-order valence-electron chi connectivity index (χ2n) is 9.24. The van der Waals surface area contributed by atoms with Gasteiger partial charge in [-0.3, -0.25) is 14.5 Å². The van der Waals surface area contributed by atoms with E-state index in [-0.39, 0.29) is 11.5 Å². The summed E-state index contributed by atoms with van der Waals surface area (Å²) < 4.78 is 13.9. The maximum atomic E-state index is 13.9. The molecule has 1 fully saturated rings. The van der Waals surface area contributed by atoms with Crippen molar-refractivity contribution in [3.63, 3.8) is 0 Å². The van der Waals surface area contributed by atoms with Crippen LogP contribution in [0.1, 0.15) is 35.9 Å². The number of rotatable bonds is 4. The average molecular weight is 470 g/mol. The smallest absolute Gasteiger partial charge is 0.256 e. The van der Waals surface area contributed by atoms with Gasteiger partial charge in [0, 0.05) is 33.6 Å². The molecule has 0 spiro atoms. The number of amides is 1. The third kappa shape index (κ3) is 3.95. The molecule has 3 N–H and O–H groups in total. The highest BCUT2D eigenvalue weighted by Gasteiger charge is 2.21. The molecule has 8 heteroatoms. The number of likely N-dealkylation sites (tertiary alicyclic amines) is 1. The fourth-order valence-corrected chi connectivity index (χ4v) is 4.98. The molecule has 1 atom stereocenters. The molecule has 3 aromatic carbocycles. The molecule has 0 aliphatic carbocycles. The van der Waals surface area contributed by atoms with Gasteiger partial charge in [-0.05, 0) is 86.3 Å². The van der Waals surface area contributed by atoms with Gasteiger partial charge in [0.2, 0.25) is 0 Å². The van der Waals surface area contributed by atoms with E-state index < -0.39 is 5.82 Å². The molecule has 176 valence electrons. The van der Waals surface area contributed by atoms with Crippen LogP contribution < -0.4 is 10.9 Å². The lowest BCUT2D eigenvalue weighted by Crippen LogP contribution is -2.26. The maximum absolute atomic E-state index is 13.9. The van der Waals surface area contributed by atoms with Crippen LogP contribution >= 0.6 is 0 Å². The van der Waals surface area contributed by atoms with E-state index in [0.29, 0.717) is 39.0 Å². The predicted octanol–water partition coefficient (Wildman–Crippen LogP) is 4.93. The first-order chi connectivity index (χ1) is 16.9. The van der Waals surface area contributed by atoms with Gasteiger partial charge < -0.3 is 15.3 Å². The lowest BCUT2D eigenvalue weighted by Gasteiger charge is -2.19. The van der Waals surface area contributed by atoms with Gasteiger partial charge >= 0.3 is 0 Å². The van der Waals surface area contributed by atoms with Crippen molar-refractivity contribution < 1.29 is 9.18 Å². The van der Waals surface area contributed by atoms with Crippen LogP contribution in [0, 0.1) is 5.82 Å². The van der Waals surface area contributed by atoms with E-state index in [1.807, 2.05) is 18.2 Å². The number of aromatic amines is 2. The predicted molar refractivity (Wildman–Crippen MR) is 135 cm³/mol. The molecule has 0 unspecified atom stereocenters. The van der Waals surface area contributed by atoms with Gasteiger partial charge in [0.05, 0.1) is 17.6 Å². The highest BCUT2D eigenvalue weighted by atomic mass is 19.1. The van der Waals surface area contributed by atoms with Crippen molar-refractivity contribution in [3.05, 3.63) is 82.2 Å². The number of nitrogens with one attached hydrogen (secondary N) is 3. The molecule has 6 rings (SSSR count). The van der Waals surface area contributed by atoms with Crippen LogP contribution in [0.4, 0.5) is 10.1 Å². The van der Waals surface area contributed by atoms with Gasteiger partial charge in [0.15, 0.2) is 0 Å². The number of carbonyl (C=O) groups is 1. The van der Waals surface area contributed by atoms with Gasteiger partial charge in [-0.25, -0.2) is 9.37 Å². The molecule has 1 aliphatic rings. The minimum Gasteiger partial charge on any atom is -0.341 e. The second-order valence-corrected chi connectivity index (χ2v) is 9.24. The van der Waals surface area contributed by atoms with E-state index in [1.54, 1.807) is 18.2 Å². The number of halogens is 1. The fourth-order valence-electron chi connectivity index (χ4n) is 4.98. The quantitative estimate of drug-likeness (QED) is 0.325. The molecule has 5 aromatic rings. The molecule has 2 aromatic heterocycles. The summed E-state index contributed by atoms with van der Waals surface area (Å²) in [5.41, 5.74) is 3.02. The Morgan fingerprint density at radius 3 is 2.77 bits per heavy atom. The number of H-pyrrole nitrogens is 2. The van der Waals surface area contributed by atoms with Crippen molar-refractivity contribution in [2.75, 3.05) is 11.9 Å². The van der Waals surface area contributed by atoms with Crippen molar-refractivity contribution in [1.29, 1.82) is 0 Å². The third-order valence-electron chi connectivity index (χ3n) is 6.88. The first-order valence-electron chi connectivity index (χ1n) is 11.7. The Morgan fingerprint density at radius 2 is 1.94 bits per heavy atom. The summed E-state index contributed by atoms with van der Waals surface area (Å²) in [6.45, 7) is 4.11. The molecule has 7 nitrogen and oxygen atoms in total. The highest BCUT2D eigenvalue weighted by molar-refractivity contribution is 6.11. The Bertz CT molecular complexity index is 1670. The molecule has 0 bridgehead atoms. The number of hydrogen-bond acceptors (Lipinski definition) is 4. The van der Waals surface area contributed by atoms with E-state index in [2.05, 4.69) is 27.1 Å². The normalized spacial score (nSPS) is 16.5. The minimum absolute atomic E-state index is 0.295. The molecular formula is C27H24FN5O2. The zero-order valence-corrected chi connectivity index (χ0v) is 19.2. The van der Waals surface area contributed by atoms with Crippen LogP contribution in [0.5, 0.6) is 0 Å². The number of imidazole rings is 1. The minimum atomic E-state index is -0.439. The summed E-state index contributed by atoms with van der Waals surface area (Å²) in [6.07, 6.45) is 2.43. The van der Waals surface area contributed by atoms with E-state index in [9.17, 15) is 14.0 Å². The monoisotopic (exact) mass is 469 g/mol. The number of fused-ring (bicyclic) bond motifs is 4. The summed E-state index contributed by atoms with van der Waals surface area (Å²) in [6, 6.07) is 15.2. The van der Waals surface area contributed by atoms with Crippen LogP contribution in [0.2, 0.25) is 0 Å². The molecule has 1 aliphatic heterocycles. The van der Waals surface area contributed by atoms with Crippen molar-refractivity contribution in [2.45, 2.75) is 32.4 Å². The van der Waals surface area contributed by atoms with Gasteiger partial charge in [0.25, 0.3) is 11.5 Å². The van der Waals surface area contributed by atoms with Gasteiger partial charge in [-0.2, -0.15) is 0 Å². The van der Waals surface area contributed by atoms with Crippen molar-refractivity contribution >= 4 is 44.3 Å². The molecule has 1 saturated heterocycles. The summed E-state index contributed by atoms with van der Waals surface area (Å²) in [5.74, 6) is 0.179. The van der Waals surface area contributed by atoms with Crippen LogP contribution in [0.3, 0.4) is 0 Å². The highest BCUT2D eigenvalue weighted by Crippen LogP contribution is 2.25. The Hall–Kier alpha value is -4.04. The Balaban J connectivity index is 1.28. The molecule has 0 saturated carbocycles. The zero-order valence-electron chi connectivity index (χ0n) is 19.2. The number of pyridine rings is 1. The molecule has 1 amide bonds. The zero-order chi connectivity index (χ0) is 24.1. The van der Waals surface area contributed by atoms with Crippen LogP contribution in [-0.4, -0.2) is 38.3 Å². The third-order valence-corrected chi connectivity index (χ3v) is 6.88. The van der Waals surface area contributed by atoms with E-state index in [0.717, 1.165) is 29.9 Å². The largest absolute Gasteiger partial charge is 0.341 e. The van der Waals surface area contributed by atoms with E-state index in [1.165, 1.54) is 31.0 Å². The Kier molecular flexibility index (Phi) is 5.11. The van der Waals surface area contributed by atoms with Crippen molar-refractivity contribution in [2.24, 2.45) is 0 Å². The standard InChI is InChI=1S/C27H24FN5O2/c1-15-3-2-10-33(15)14-25-30-23-9-6-18(13-24(23)31-25)29-26(34)16-4-8-22-21(11-16)20-12-17(28)5-7-19(20)27(35)32-22/h4-9,11-13,15H,2-3,10,14H2,1H3,(H,29,34)(H,30,31)(H,32,35)/t15-/m0/s1. The first kappa shape index (κ1) is 21.5. The van der Waals surface area contributed by atoms with Gasteiger partial charge in [-0.15, -0.1) is 0 Å². The number of carbonyl (C=O) groups excluding carboxylic acids is 1. The number of aromatic nitrogens is 3.